The number of hydrogen-bond acceptors (Lipinski definition) is 7. The number of fused-ring (bicyclic) bond motifs is 1. The maximum Gasteiger partial charge on any atom is 0.233 e. The second-order valence-electron chi connectivity index (χ2n) is 6.96. The Morgan fingerprint density at radius 1 is 1.36 bits per heavy atom. The van der Waals surface area contributed by atoms with E-state index in [1.165, 1.54) is 12.3 Å². The van der Waals surface area contributed by atoms with Gasteiger partial charge in [0, 0.05) is 36.1 Å². The monoisotopic (exact) mass is 389 g/mol. The fourth-order valence-corrected chi connectivity index (χ4v) is 3.74. The van der Waals surface area contributed by atoms with Gasteiger partial charge in [-0.2, -0.15) is 4.39 Å². The summed E-state index contributed by atoms with van der Waals surface area (Å²) in [5.74, 6) is -1.52. The predicted octanol–water partition coefficient (Wildman–Crippen LogP) is 0.518. The van der Waals surface area contributed by atoms with Crippen molar-refractivity contribution < 1.29 is 13.6 Å². The molecule has 8 nitrogen and oxygen atoms in total. The molecule has 2 aromatic rings. The Kier molecular flexibility index (Phi) is 5.02. The van der Waals surface area contributed by atoms with Gasteiger partial charge in [0.05, 0.1) is 30.1 Å². The Morgan fingerprint density at radius 2 is 2.18 bits per heavy atom. The Bertz CT molecular complexity index is 896. The van der Waals surface area contributed by atoms with E-state index in [1.54, 1.807) is 30.3 Å². The highest BCUT2D eigenvalue weighted by Gasteiger charge is 2.47. The molecule has 0 aliphatic carbocycles. The molecule has 4 heterocycles. The third-order valence-corrected chi connectivity index (χ3v) is 5.04. The Balaban J connectivity index is 1.59. The summed E-state index contributed by atoms with van der Waals surface area (Å²) >= 11 is 0. The van der Waals surface area contributed by atoms with Gasteiger partial charge >= 0.3 is 0 Å². The molecular weight excluding hydrogens is 368 g/mol. The zero-order valence-electron chi connectivity index (χ0n) is 15.2. The van der Waals surface area contributed by atoms with Crippen LogP contribution in [-0.4, -0.2) is 52.5 Å². The maximum absolute atomic E-state index is 13.6. The lowest BCUT2D eigenvalue weighted by Gasteiger charge is -2.33. The number of anilines is 1. The molecule has 1 amide bonds. The molecule has 4 unspecified atom stereocenters. The van der Waals surface area contributed by atoms with Gasteiger partial charge in [-0.15, -0.1) is 0 Å². The highest BCUT2D eigenvalue weighted by molar-refractivity contribution is 5.97. The number of nitrogens with one attached hydrogen (secondary N) is 3. The first-order chi connectivity index (χ1) is 13.4. The van der Waals surface area contributed by atoms with Crippen molar-refractivity contribution in [1.82, 2.24) is 25.7 Å². The van der Waals surface area contributed by atoms with Crippen LogP contribution in [0.25, 0.3) is 11.1 Å². The summed E-state index contributed by atoms with van der Waals surface area (Å²) in [4.78, 5) is 20.9. The third-order valence-electron chi connectivity index (χ3n) is 5.04. The molecule has 2 fully saturated rings. The molecule has 0 bridgehead atoms. The SMILES string of the molecule is Cc1nc(F)ccc1-c1ccncc1NC(=O)C1C(N)NN2CC(F)CNC12. The molecule has 4 atom stereocenters. The number of hydrazine groups is 1. The zero-order valence-corrected chi connectivity index (χ0v) is 15.2. The molecule has 4 rings (SSSR count). The molecule has 0 spiro atoms. The minimum atomic E-state index is -1.03. The number of hydrogen-bond donors (Lipinski definition) is 4. The maximum atomic E-state index is 13.6. The van der Waals surface area contributed by atoms with Crippen molar-refractivity contribution in [2.24, 2.45) is 11.7 Å². The van der Waals surface area contributed by atoms with Crippen molar-refractivity contribution >= 4 is 11.6 Å². The lowest BCUT2D eigenvalue weighted by Crippen LogP contribution is -2.58. The fourth-order valence-electron chi connectivity index (χ4n) is 3.74. The van der Waals surface area contributed by atoms with Gasteiger partial charge in [-0.25, -0.2) is 19.8 Å². The third kappa shape index (κ3) is 3.47. The first-order valence-corrected chi connectivity index (χ1v) is 8.98. The minimum Gasteiger partial charge on any atom is -0.324 e. The normalized spacial score (nSPS) is 27.4. The number of amides is 1. The van der Waals surface area contributed by atoms with Gasteiger partial charge in [0.15, 0.2) is 0 Å². The van der Waals surface area contributed by atoms with Crippen LogP contribution in [0.15, 0.2) is 30.6 Å². The van der Waals surface area contributed by atoms with Crippen LogP contribution in [0.2, 0.25) is 0 Å². The van der Waals surface area contributed by atoms with Crippen molar-refractivity contribution in [2.75, 3.05) is 18.4 Å². The van der Waals surface area contributed by atoms with Crippen LogP contribution in [0.1, 0.15) is 5.69 Å². The summed E-state index contributed by atoms with van der Waals surface area (Å²) in [6, 6.07) is 4.60. The Hall–Kier alpha value is -2.53. The van der Waals surface area contributed by atoms with E-state index in [2.05, 4.69) is 26.0 Å². The first-order valence-electron chi connectivity index (χ1n) is 8.98. The fraction of sp³-hybridized carbons (Fsp3) is 0.389. The van der Waals surface area contributed by atoms with Gasteiger partial charge in [-0.1, -0.05) is 0 Å². The van der Waals surface area contributed by atoms with Gasteiger partial charge in [0.25, 0.3) is 0 Å². The molecule has 0 saturated carbocycles. The van der Waals surface area contributed by atoms with Crippen LogP contribution >= 0.6 is 0 Å². The first kappa shape index (κ1) is 18.8. The lowest BCUT2D eigenvalue weighted by atomic mass is 10.0. The summed E-state index contributed by atoms with van der Waals surface area (Å²) in [5, 5.41) is 7.51. The predicted molar refractivity (Wildman–Crippen MR) is 98.8 cm³/mol. The largest absolute Gasteiger partial charge is 0.324 e. The molecule has 2 aromatic heterocycles. The number of halogens is 2. The highest BCUT2D eigenvalue weighted by Crippen LogP contribution is 2.30. The second-order valence-corrected chi connectivity index (χ2v) is 6.96. The van der Waals surface area contributed by atoms with Gasteiger partial charge in [-0.3, -0.25) is 15.1 Å². The summed E-state index contributed by atoms with van der Waals surface area (Å²) in [6.45, 7) is 2.02. The number of aryl methyl sites for hydroxylation is 1. The summed E-state index contributed by atoms with van der Waals surface area (Å²) < 4.78 is 27.0. The van der Waals surface area contributed by atoms with Crippen LogP contribution in [0.3, 0.4) is 0 Å². The van der Waals surface area contributed by atoms with E-state index < -0.39 is 30.4 Å². The van der Waals surface area contributed by atoms with Crippen LogP contribution < -0.4 is 21.8 Å². The van der Waals surface area contributed by atoms with E-state index in [4.69, 9.17) is 5.73 Å². The van der Waals surface area contributed by atoms with E-state index >= 15 is 0 Å². The molecule has 28 heavy (non-hydrogen) atoms. The number of nitrogens with two attached hydrogens (primary N) is 1. The van der Waals surface area contributed by atoms with Gasteiger partial charge in [-0.05, 0) is 25.1 Å². The van der Waals surface area contributed by atoms with E-state index in [9.17, 15) is 13.6 Å². The van der Waals surface area contributed by atoms with Crippen molar-refractivity contribution in [3.63, 3.8) is 0 Å². The number of alkyl halides is 1. The number of carbonyl (C=O) groups is 1. The molecule has 2 saturated heterocycles. The molecule has 0 aromatic carbocycles. The van der Waals surface area contributed by atoms with Crippen LogP contribution in [-0.2, 0) is 4.79 Å². The number of carbonyl (C=O) groups excluding carboxylic acids is 1. The van der Waals surface area contributed by atoms with Crippen LogP contribution in [0.5, 0.6) is 0 Å². The average Bonchev–Trinajstić information content (AvgIpc) is 2.97. The second kappa shape index (κ2) is 7.47. The summed E-state index contributed by atoms with van der Waals surface area (Å²) in [6.07, 6.45) is 1.01. The van der Waals surface area contributed by atoms with E-state index in [-0.39, 0.29) is 19.0 Å². The molecule has 2 aliphatic heterocycles. The molecule has 2 aliphatic rings. The Morgan fingerprint density at radius 3 is 2.96 bits per heavy atom. The minimum absolute atomic E-state index is 0.160. The van der Waals surface area contributed by atoms with Crippen molar-refractivity contribution in [2.45, 2.75) is 25.4 Å². The van der Waals surface area contributed by atoms with Crippen LogP contribution in [0, 0.1) is 18.8 Å². The molecule has 148 valence electrons. The molecular formula is C18H21F2N7O. The molecule has 10 heteroatoms. The number of pyridine rings is 2. The molecule has 0 radical (unpaired) electrons. The van der Waals surface area contributed by atoms with E-state index in [0.717, 1.165) is 0 Å². The topological polar surface area (TPSA) is 108 Å². The van der Waals surface area contributed by atoms with Crippen molar-refractivity contribution in [3.8, 4) is 11.1 Å². The summed E-state index contributed by atoms with van der Waals surface area (Å²) in [5.41, 5.74) is 11.3. The van der Waals surface area contributed by atoms with Gasteiger partial charge < -0.3 is 11.1 Å². The van der Waals surface area contributed by atoms with Crippen LogP contribution in [0.4, 0.5) is 14.5 Å². The average molecular weight is 389 g/mol. The number of aromatic nitrogens is 2. The smallest absolute Gasteiger partial charge is 0.233 e. The lowest BCUT2D eigenvalue weighted by molar-refractivity contribution is -0.121. The van der Waals surface area contributed by atoms with Gasteiger partial charge in [0.1, 0.15) is 6.17 Å². The highest BCUT2D eigenvalue weighted by atomic mass is 19.1. The zero-order chi connectivity index (χ0) is 19.8. The Labute approximate surface area is 160 Å². The number of rotatable bonds is 3. The van der Waals surface area contributed by atoms with Gasteiger partial charge in [0.2, 0.25) is 11.9 Å². The summed E-state index contributed by atoms with van der Waals surface area (Å²) in [7, 11) is 0. The van der Waals surface area contributed by atoms with Crippen molar-refractivity contribution in [1.29, 1.82) is 0 Å². The standard InChI is InChI=1S/C18H21F2N7O/c1-9-11(2-3-14(20)24-9)12-4-5-22-7-13(12)25-18(28)15-16(21)26-27-8-10(19)6-23-17(15)27/h2-5,7,10,15-17,23,26H,6,8,21H2,1H3,(H,25,28). The van der Waals surface area contributed by atoms with Crippen molar-refractivity contribution in [3.05, 3.63) is 42.2 Å². The number of nitrogens with zero attached hydrogens (tertiary/aromatic N) is 3. The van der Waals surface area contributed by atoms with E-state index in [1.807, 2.05) is 0 Å². The van der Waals surface area contributed by atoms with E-state index in [0.29, 0.717) is 22.5 Å². The molecule has 5 N–H and O–H groups in total. The quantitative estimate of drug-likeness (QED) is 0.567.